The SMILES string of the molecule is COC(=O)c1ccccc1NC(=O)[C@H]1CCCN(Cc2ccc(Cl)cc2Cl)C1. The van der Waals surface area contributed by atoms with E-state index in [2.05, 4.69) is 10.2 Å². The summed E-state index contributed by atoms with van der Waals surface area (Å²) in [6.45, 7) is 2.20. The van der Waals surface area contributed by atoms with Gasteiger partial charge in [-0.3, -0.25) is 9.69 Å². The van der Waals surface area contributed by atoms with Crippen molar-refractivity contribution in [3.05, 3.63) is 63.6 Å². The lowest BCUT2D eigenvalue weighted by molar-refractivity contribution is -0.121. The molecule has 0 radical (unpaired) electrons. The molecule has 0 spiro atoms. The number of hydrogen-bond acceptors (Lipinski definition) is 4. The zero-order valence-corrected chi connectivity index (χ0v) is 17.1. The molecular formula is C21H22Cl2N2O3. The third-order valence-electron chi connectivity index (χ3n) is 4.88. The number of carbonyl (C=O) groups excluding carboxylic acids is 2. The highest BCUT2D eigenvalue weighted by Gasteiger charge is 2.27. The van der Waals surface area contributed by atoms with E-state index in [0.29, 0.717) is 34.4 Å². The molecule has 1 fully saturated rings. The van der Waals surface area contributed by atoms with Gasteiger partial charge in [0, 0.05) is 23.1 Å². The van der Waals surface area contributed by atoms with Crippen molar-refractivity contribution < 1.29 is 14.3 Å². The van der Waals surface area contributed by atoms with E-state index < -0.39 is 5.97 Å². The van der Waals surface area contributed by atoms with Gasteiger partial charge in [-0.15, -0.1) is 0 Å². The number of amides is 1. The second kappa shape index (κ2) is 9.41. The minimum absolute atomic E-state index is 0.0942. The lowest BCUT2D eigenvalue weighted by atomic mass is 9.96. The quantitative estimate of drug-likeness (QED) is 0.716. The first-order valence-electron chi connectivity index (χ1n) is 9.12. The van der Waals surface area contributed by atoms with Gasteiger partial charge in [-0.25, -0.2) is 4.79 Å². The van der Waals surface area contributed by atoms with Crippen LogP contribution in [0.25, 0.3) is 0 Å². The Balaban J connectivity index is 1.66. The number of ether oxygens (including phenoxy) is 1. The molecule has 1 atom stereocenters. The molecule has 28 heavy (non-hydrogen) atoms. The van der Waals surface area contributed by atoms with E-state index in [1.165, 1.54) is 7.11 Å². The number of hydrogen-bond donors (Lipinski definition) is 1. The van der Waals surface area contributed by atoms with Gasteiger partial charge in [0.2, 0.25) is 5.91 Å². The van der Waals surface area contributed by atoms with Crippen molar-refractivity contribution in [3.8, 4) is 0 Å². The fraction of sp³-hybridized carbons (Fsp3) is 0.333. The van der Waals surface area contributed by atoms with E-state index in [1.54, 1.807) is 30.3 Å². The molecule has 0 bridgehead atoms. The summed E-state index contributed by atoms with van der Waals surface area (Å²) >= 11 is 12.2. The minimum Gasteiger partial charge on any atom is -0.465 e. The summed E-state index contributed by atoms with van der Waals surface area (Å²) in [6.07, 6.45) is 1.72. The molecule has 0 aromatic heterocycles. The van der Waals surface area contributed by atoms with Gasteiger partial charge in [0.25, 0.3) is 0 Å². The second-order valence-electron chi connectivity index (χ2n) is 6.84. The monoisotopic (exact) mass is 420 g/mol. The molecule has 1 N–H and O–H groups in total. The van der Waals surface area contributed by atoms with Crippen LogP contribution < -0.4 is 5.32 Å². The number of esters is 1. The predicted octanol–water partition coefficient (Wildman–Crippen LogP) is 4.63. The number of rotatable bonds is 5. The Morgan fingerprint density at radius 2 is 2.00 bits per heavy atom. The van der Waals surface area contributed by atoms with Gasteiger partial charge in [-0.05, 0) is 49.2 Å². The van der Waals surface area contributed by atoms with Gasteiger partial charge < -0.3 is 10.1 Å². The van der Waals surface area contributed by atoms with Crippen molar-refractivity contribution in [1.29, 1.82) is 0 Å². The zero-order valence-electron chi connectivity index (χ0n) is 15.6. The number of piperidine rings is 1. The molecule has 3 rings (SSSR count). The number of nitrogens with one attached hydrogen (secondary N) is 1. The summed E-state index contributed by atoms with van der Waals surface area (Å²) in [4.78, 5) is 26.9. The fourth-order valence-corrected chi connectivity index (χ4v) is 3.89. The molecular weight excluding hydrogens is 399 g/mol. The lowest BCUT2D eigenvalue weighted by Gasteiger charge is -2.32. The van der Waals surface area contributed by atoms with Crippen LogP contribution in [0.2, 0.25) is 10.0 Å². The first-order valence-corrected chi connectivity index (χ1v) is 9.88. The summed E-state index contributed by atoms with van der Waals surface area (Å²) in [7, 11) is 1.32. The molecule has 0 unspecified atom stereocenters. The average molecular weight is 421 g/mol. The molecule has 1 amide bonds. The summed E-state index contributed by atoms with van der Waals surface area (Å²) in [6, 6.07) is 12.3. The third-order valence-corrected chi connectivity index (χ3v) is 5.46. The Morgan fingerprint density at radius 1 is 1.21 bits per heavy atom. The fourth-order valence-electron chi connectivity index (χ4n) is 3.42. The summed E-state index contributed by atoms with van der Waals surface area (Å²) in [5, 5.41) is 4.12. The topological polar surface area (TPSA) is 58.6 Å². The lowest BCUT2D eigenvalue weighted by Crippen LogP contribution is -2.40. The Morgan fingerprint density at radius 3 is 2.75 bits per heavy atom. The van der Waals surface area contributed by atoms with Crippen molar-refractivity contribution >= 4 is 40.8 Å². The Kier molecular flexibility index (Phi) is 6.94. The summed E-state index contributed by atoms with van der Waals surface area (Å²) in [5.41, 5.74) is 1.80. The van der Waals surface area contributed by atoms with Gasteiger partial charge >= 0.3 is 5.97 Å². The Bertz CT molecular complexity index is 872. The third kappa shape index (κ3) is 5.04. The van der Waals surface area contributed by atoms with E-state index in [0.717, 1.165) is 24.9 Å². The van der Waals surface area contributed by atoms with Crippen LogP contribution in [0.5, 0.6) is 0 Å². The molecule has 1 saturated heterocycles. The number of carbonyl (C=O) groups is 2. The minimum atomic E-state index is -0.474. The van der Waals surface area contributed by atoms with Crippen LogP contribution in [0.15, 0.2) is 42.5 Å². The van der Waals surface area contributed by atoms with Gasteiger partial charge in [0.1, 0.15) is 0 Å². The van der Waals surface area contributed by atoms with Gasteiger partial charge in [-0.2, -0.15) is 0 Å². The predicted molar refractivity (Wildman–Crippen MR) is 111 cm³/mol. The number of halogens is 2. The van der Waals surface area contributed by atoms with Crippen LogP contribution in [-0.2, 0) is 16.1 Å². The first-order chi connectivity index (χ1) is 13.5. The molecule has 0 saturated carbocycles. The van der Waals surface area contributed by atoms with E-state index in [-0.39, 0.29) is 11.8 Å². The highest BCUT2D eigenvalue weighted by molar-refractivity contribution is 6.35. The molecule has 1 aliphatic heterocycles. The molecule has 1 heterocycles. The van der Waals surface area contributed by atoms with Gasteiger partial charge in [0.05, 0.1) is 24.3 Å². The number of anilines is 1. The van der Waals surface area contributed by atoms with Crippen LogP contribution in [-0.4, -0.2) is 37.0 Å². The average Bonchev–Trinajstić information content (AvgIpc) is 2.70. The highest BCUT2D eigenvalue weighted by Crippen LogP contribution is 2.26. The van der Waals surface area contributed by atoms with E-state index in [4.69, 9.17) is 27.9 Å². The van der Waals surface area contributed by atoms with Crippen LogP contribution in [0.3, 0.4) is 0 Å². The number of likely N-dealkylation sites (tertiary alicyclic amines) is 1. The second-order valence-corrected chi connectivity index (χ2v) is 7.68. The molecule has 2 aromatic rings. The molecule has 148 valence electrons. The van der Waals surface area contributed by atoms with Crippen molar-refractivity contribution in [2.75, 3.05) is 25.5 Å². The van der Waals surface area contributed by atoms with E-state index in [9.17, 15) is 9.59 Å². The number of benzene rings is 2. The van der Waals surface area contributed by atoms with Crippen molar-refractivity contribution in [2.45, 2.75) is 19.4 Å². The van der Waals surface area contributed by atoms with Gasteiger partial charge in [-0.1, -0.05) is 41.4 Å². The van der Waals surface area contributed by atoms with Crippen LogP contribution >= 0.6 is 23.2 Å². The van der Waals surface area contributed by atoms with Crippen LogP contribution in [0.1, 0.15) is 28.8 Å². The van der Waals surface area contributed by atoms with Crippen molar-refractivity contribution in [2.24, 2.45) is 5.92 Å². The van der Waals surface area contributed by atoms with Gasteiger partial charge in [0.15, 0.2) is 0 Å². The molecule has 0 aliphatic carbocycles. The van der Waals surface area contributed by atoms with Crippen LogP contribution in [0.4, 0.5) is 5.69 Å². The Hall–Kier alpha value is -2.08. The standard InChI is InChI=1S/C21H22Cl2N2O3/c1-28-21(27)17-6-2-3-7-19(17)24-20(26)15-5-4-10-25(13-15)12-14-8-9-16(22)11-18(14)23/h2-3,6-9,11,15H,4-5,10,12-13H2,1H3,(H,24,26)/t15-/m0/s1. The summed E-state index contributed by atoms with van der Waals surface area (Å²) < 4.78 is 4.79. The van der Waals surface area contributed by atoms with E-state index >= 15 is 0 Å². The maximum Gasteiger partial charge on any atom is 0.339 e. The number of para-hydroxylation sites is 1. The largest absolute Gasteiger partial charge is 0.465 e. The van der Waals surface area contributed by atoms with Crippen LogP contribution in [0, 0.1) is 5.92 Å². The maximum atomic E-state index is 12.8. The smallest absolute Gasteiger partial charge is 0.339 e. The normalized spacial score (nSPS) is 17.2. The molecule has 5 nitrogen and oxygen atoms in total. The van der Waals surface area contributed by atoms with E-state index in [1.807, 2.05) is 12.1 Å². The first kappa shape index (κ1) is 20.6. The zero-order chi connectivity index (χ0) is 20.1. The number of methoxy groups -OCH3 is 1. The molecule has 2 aromatic carbocycles. The maximum absolute atomic E-state index is 12.8. The van der Waals surface area contributed by atoms with Crippen molar-refractivity contribution in [1.82, 2.24) is 4.90 Å². The number of nitrogens with zero attached hydrogens (tertiary/aromatic N) is 1. The molecule has 7 heteroatoms. The molecule has 1 aliphatic rings. The van der Waals surface area contributed by atoms with Crippen molar-refractivity contribution in [3.63, 3.8) is 0 Å². The summed E-state index contributed by atoms with van der Waals surface area (Å²) in [5.74, 6) is -0.729. The highest BCUT2D eigenvalue weighted by atomic mass is 35.5. The Labute approximate surface area is 174 Å².